The minimum atomic E-state index is -0.0456. The minimum Gasteiger partial charge on any atom is -0.350 e. The van der Waals surface area contributed by atoms with Crippen molar-refractivity contribution in [2.45, 2.75) is 45.7 Å². The summed E-state index contributed by atoms with van der Waals surface area (Å²) >= 11 is 0. The average Bonchev–Trinajstić information content (AvgIpc) is 3.31. The Hall–Kier alpha value is -2.89. The van der Waals surface area contributed by atoms with Crippen molar-refractivity contribution in [3.05, 3.63) is 59.0 Å². The van der Waals surface area contributed by atoms with E-state index in [2.05, 4.69) is 15.5 Å². The molecule has 1 fully saturated rings. The Morgan fingerprint density at radius 3 is 2.77 bits per heavy atom. The molecule has 134 valence electrons. The standard InChI is InChI=1S/C20H22N4O2/c1-13-10-14(2)24(12-17(25)21-11-15-6-4-3-5-7-15)18(13)20-22-19(23-26-20)16-8-9-16/h3-7,10,16H,8-9,11-12H2,1-2H3,(H,21,25). The van der Waals surface area contributed by atoms with Crippen molar-refractivity contribution in [3.63, 3.8) is 0 Å². The largest absolute Gasteiger partial charge is 0.350 e. The van der Waals surface area contributed by atoms with Crippen molar-refractivity contribution in [1.29, 1.82) is 0 Å². The quantitative estimate of drug-likeness (QED) is 0.740. The third kappa shape index (κ3) is 3.40. The number of aromatic nitrogens is 3. The summed E-state index contributed by atoms with van der Waals surface area (Å²) in [5.41, 5.74) is 3.94. The van der Waals surface area contributed by atoms with Crippen molar-refractivity contribution in [2.24, 2.45) is 0 Å². The molecule has 2 aromatic heterocycles. The second-order valence-corrected chi connectivity index (χ2v) is 6.90. The predicted octanol–water partition coefficient (Wildman–Crippen LogP) is 3.35. The SMILES string of the molecule is Cc1cc(C)n(CC(=O)NCc2ccccc2)c1-c1nc(C2CC2)no1. The van der Waals surface area contributed by atoms with Crippen molar-refractivity contribution in [2.75, 3.05) is 0 Å². The molecule has 3 aromatic rings. The summed E-state index contributed by atoms with van der Waals surface area (Å²) in [7, 11) is 0. The molecule has 1 aliphatic rings. The third-order valence-corrected chi connectivity index (χ3v) is 4.72. The Bertz CT molecular complexity index is 923. The van der Waals surface area contributed by atoms with Crippen LogP contribution in [0.25, 0.3) is 11.6 Å². The number of rotatable bonds is 6. The molecule has 0 saturated heterocycles. The van der Waals surface area contributed by atoms with Gasteiger partial charge in [-0.3, -0.25) is 4.79 Å². The molecule has 1 saturated carbocycles. The van der Waals surface area contributed by atoms with E-state index in [1.54, 1.807) is 0 Å². The first-order valence-corrected chi connectivity index (χ1v) is 8.93. The lowest BCUT2D eigenvalue weighted by molar-refractivity contribution is -0.121. The zero-order valence-electron chi connectivity index (χ0n) is 15.0. The van der Waals surface area contributed by atoms with Crippen LogP contribution in [0.1, 0.15) is 41.4 Å². The number of hydrogen-bond donors (Lipinski definition) is 1. The minimum absolute atomic E-state index is 0.0456. The van der Waals surface area contributed by atoms with Gasteiger partial charge in [0.15, 0.2) is 5.82 Å². The summed E-state index contributed by atoms with van der Waals surface area (Å²) < 4.78 is 7.43. The smallest absolute Gasteiger partial charge is 0.274 e. The van der Waals surface area contributed by atoms with Gasteiger partial charge < -0.3 is 14.4 Å². The molecule has 6 nitrogen and oxygen atoms in total. The van der Waals surface area contributed by atoms with Crippen LogP contribution in [0.2, 0.25) is 0 Å². The van der Waals surface area contributed by atoms with Gasteiger partial charge in [-0.25, -0.2) is 0 Å². The molecular formula is C20H22N4O2. The van der Waals surface area contributed by atoms with E-state index in [4.69, 9.17) is 4.52 Å². The fourth-order valence-corrected chi connectivity index (χ4v) is 3.17. The first-order chi connectivity index (χ1) is 12.6. The van der Waals surface area contributed by atoms with Gasteiger partial charge in [-0.15, -0.1) is 0 Å². The van der Waals surface area contributed by atoms with Crippen LogP contribution in [0, 0.1) is 13.8 Å². The van der Waals surface area contributed by atoms with Crippen LogP contribution in [0.4, 0.5) is 0 Å². The maximum Gasteiger partial charge on any atom is 0.274 e. The lowest BCUT2D eigenvalue weighted by Gasteiger charge is -2.11. The zero-order valence-corrected chi connectivity index (χ0v) is 15.0. The zero-order chi connectivity index (χ0) is 18.1. The molecule has 0 spiro atoms. The molecular weight excluding hydrogens is 328 g/mol. The number of aryl methyl sites for hydroxylation is 2. The van der Waals surface area contributed by atoms with Crippen molar-refractivity contribution in [1.82, 2.24) is 20.0 Å². The summed E-state index contributed by atoms with van der Waals surface area (Å²) in [5.74, 6) is 1.66. The number of nitrogens with zero attached hydrogens (tertiary/aromatic N) is 3. The maximum atomic E-state index is 12.5. The van der Waals surface area contributed by atoms with E-state index in [-0.39, 0.29) is 12.5 Å². The fraction of sp³-hybridized carbons (Fsp3) is 0.350. The molecule has 1 aliphatic carbocycles. The van der Waals surface area contributed by atoms with E-state index in [1.165, 1.54) is 0 Å². The van der Waals surface area contributed by atoms with E-state index in [1.807, 2.05) is 54.8 Å². The third-order valence-electron chi connectivity index (χ3n) is 4.72. The van der Waals surface area contributed by atoms with Crippen LogP contribution < -0.4 is 5.32 Å². The molecule has 0 radical (unpaired) electrons. The molecule has 1 aromatic carbocycles. The van der Waals surface area contributed by atoms with Crippen molar-refractivity contribution in [3.8, 4) is 11.6 Å². The van der Waals surface area contributed by atoms with Gasteiger partial charge in [-0.1, -0.05) is 35.5 Å². The maximum absolute atomic E-state index is 12.5. The van der Waals surface area contributed by atoms with E-state index in [0.717, 1.165) is 41.2 Å². The van der Waals surface area contributed by atoms with Gasteiger partial charge >= 0.3 is 0 Å². The van der Waals surface area contributed by atoms with Gasteiger partial charge in [-0.2, -0.15) is 4.98 Å². The molecule has 0 atom stereocenters. The van der Waals surface area contributed by atoms with E-state index < -0.39 is 0 Å². The summed E-state index contributed by atoms with van der Waals surface area (Å²) in [4.78, 5) is 17.0. The van der Waals surface area contributed by atoms with Crippen LogP contribution in [0.3, 0.4) is 0 Å². The molecule has 1 N–H and O–H groups in total. The van der Waals surface area contributed by atoms with Crippen LogP contribution >= 0.6 is 0 Å². The van der Waals surface area contributed by atoms with Gasteiger partial charge in [0.1, 0.15) is 12.2 Å². The highest BCUT2D eigenvalue weighted by atomic mass is 16.5. The highest BCUT2D eigenvalue weighted by Crippen LogP contribution is 2.39. The second kappa shape index (κ2) is 6.78. The summed E-state index contributed by atoms with van der Waals surface area (Å²) in [6, 6.07) is 11.9. The average molecular weight is 350 g/mol. The lowest BCUT2D eigenvalue weighted by Crippen LogP contribution is -2.27. The molecule has 1 amide bonds. The molecule has 0 unspecified atom stereocenters. The Kier molecular flexibility index (Phi) is 4.32. The van der Waals surface area contributed by atoms with Gasteiger partial charge in [0, 0.05) is 18.2 Å². The normalized spacial score (nSPS) is 13.8. The van der Waals surface area contributed by atoms with Gasteiger partial charge in [0.2, 0.25) is 5.91 Å². The van der Waals surface area contributed by atoms with Gasteiger partial charge in [0.25, 0.3) is 5.89 Å². The number of hydrogen-bond acceptors (Lipinski definition) is 4. The van der Waals surface area contributed by atoms with Crippen LogP contribution in [0.15, 0.2) is 40.9 Å². The number of nitrogens with one attached hydrogen (secondary N) is 1. The highest BCUT2D eigenvalue weighted by Gasteiger charge is 2.30. The highest BCUT2D eigenvalue weighted by molar-refractivity contribution is 5.77. The molecule has 0 aliphatic heterocycles. The van der Waals surface area contributed by atoms with Gasteiger partial charge in [0.05, 0.1) is 0 Å². The number of carbonyl (C=O) groups excluding carboxylic acids is 1. The molecule has 26 heavy (non-hydrogen) atoms. The molecule has 4 rings (SSSR count). The molecule has 0 bridgehead atoms. The second-order valence-electron chi connectivity index (χ2n) is 6.90. The predicted molar refractivity (Wildman–Crippen MR) is 97.5 cm³/mol. The topological polar surface area (TPSA) is 73.0 Å². The van der Waals surface area contributed by atoms with E-state index in [0.29, 0.717) is 18.4 Å². The summed E-state index contributed by atoms with van der Waals surface area (Å²) in [6.45, 7) is 4.73. The Morgan fingerprint density at radius 2 is 2.04 bits per heavy atom. The Morgan fingerprint density at radius 1 is 1.27 bits per heavy atom. The van der Waals surface area contributed by atoms with Crippen LogP contribution in [-0.4, -0.2) is 20.6 Å². The fourth-order valence-electron chi connectivity index (χ4n) is 3.17. The van der Waals surface area contributed by atoms with Crippen LogP contribution in [-0.2, 0) is 17.9 Å². The van der Waals surface area contributed by atoms with Crippen molar-refractivity contribution >= 4 is 5.91 Å². The molecule has 2 heterocycles. The van der Waals surface area contributed by atoms with Crippen molar-refractivity contribution < 1.29 is 9.32 Å². The number of benzene rings is 1. The Labute approximate surface area is 152 Å². The number of carbonyl (C=O) groups is 1. The van der Waals surface area contributed by atoms with E-state index >= 15 is 0 Å². The van der Waals surface area contributed by atoms with Gasteiger partial charge in [-0.05, 0) is 43.9 Å². The number of amides is 1. The molecule has 6 heteroatoms. The first kappa shape index (κ1) is 16.6. The monoisotopic (exact) mass is 350 g/mol. The summed E-state index contributed by atoms with van der Waals surface area (Å²) in [6.07, 6.45) is 2.25. The van der Waals surface area contributed by atoms with Crippen LogP contribution in [0.5, 0.6) is 0 Å². The van der Waals surface area contributed by atoms with E-state index in [9.17, 15) is 4.79 Å². The summed E-state index contributed by atoms with van der Waals surface area (Å²) in [5, 5.41) is 7.07. The Balaban J connectivity index is 1.51. The first-order valence-electron chi connectivity index (χ1n) is 8.93. The lowest BCUT2D eigenvalue weighted by atomic mass is 10.2.